The fourth-order valence-corrected chi connectivity index (χ4v) is 1.62. The van der Waals surface area contributed by atoms with Crippen LogP contribution in [0.2, 0.25) is 0 Å². The highest BCUT2D eigenvalue weighted by Gasteiger charge is 2.17. The number of aromatic nitrogens is 2. The van der Waals surface area contributed by atoms with Crippen LogP contribution in [0.1, 0.15) is 18.1 Å². The van der Waals surface area contributed by atoms with Gasteiger partial charge in [0.15, 0.2) is 5.82 Å². The van der Waals surface area contributed by atoms with Crippen LogP contribution in [0.15, 0.2) is 4.52 Å². The second kappa shape index (κ2) is 5.74. The second-order valence-electron chi connectivity index (χ2n) is 3.91. The molecule has 7 heteroatoms. The van der Waals surface area contributed by atoms with Crippen molar-refractivity contribution in [3.05, 3.63) is 11.7 Å². The van der Waals surface area contributed by atoms with Crippen LogP contribution in [-0.2, 0) is 16.1 Å². The Bertz CT molecular complexity index is 373. The van der Waals surface area contributed by atoms with Crippen molar-refractivity contribution in [2.75, 3.05) is 19.7 Å². The molecule has 2 rings (SSSR count). The fraction of sp³-hybridized carbons (Fsp3) is 0.700. The third-order valence-electron chi connectivity index (χ3n) is 2.42. The summed E-state index contributed by atoms with van der Waals surface area (Å²) in [4.78, 5) is 15.6. The van der Waals surface area contributed by atoms with Gasteiger partial charge in [0.25, 0.3) is 0 Å². The lowest BCUT2D eigenvalue weighted by atomic mass is 10.2. The number of hydrogen-bond acceptors (Lipinski definition) is 6. The van der Waals surface area contributed by atoms with E-state index in [0.717, 1.165) is 6.54 Å². The molecule has 17 heavy (non-hydrogen) atoms. The minimum atomic E-state index is -0.0745. The van der Waals surface area contributed by atoms with Crippen molar-refractivity contribution < 1.29 is 14.1 Å². The molecule has 1 saturated heterocycles. The molecule has 1 aliphatic rings. The van der Waals surface area contributed by atoms with Gasteiger partial charge in [-0.15, -0.1) is 0 Å². The maximum atomic E-state index is 11.6. The van der Waals surface area contributed by atoms with Crippen molar-refractivity contribution in [1.82, 2.24) is 20.8 Å². The number of amides is 1. The Balaban J connectivity index is 1.70. The number of nitrogens with one attached hydrogen (secondary N) is 2. The number of ether oxygens (including phenoxy) is 1. The SMILES string of the molecule is Cc1noc(CNC(=O)CC2CNCCO2)n1. The van der Waals surface area contributed by atoms with E-state index >= 15 is 0 Å². The summed E-state index contributed by atoms with van der Waals surface area (Å²) < 4.78 is 10.3. The highest BCUT2D eigenvalue weighted by Crippen LogP contribution is 2.02. The summed E-state index contributed by atoms with van der Waals surface area (Å²) in [5.74, 6) is 0.905. The molecule has 2 heterocycles. The first-order chi connectivity index (χ1) is 8.24. The maximum Gasteiger partial charge on any atom is 0.246 e. The van der Waals surface area contributed by atoms with Gasteiger partial charge in [0.1, 0.15) is 0 Å². The van der Waals surface area contributed by atoms with Crippen molar-refractivity contribution in [2.45, 2.75) is 26.0 Å². The molecule has 94 valence electrons. The van der Waals surface area contributed by atoms with Crippen LogP contribution >= 0.6 is 0 Å². The van der Waals surface area contributed by atoms with Gasteiger partial charge in [0.05, 0.1) is 25.7 Å². The highest BCUT2D eigenvalue weighted by molar-refractivity contribution is 5.76. The van der Waals surface area contributed by atoms with E-state index in [0.29, 0.717) is 31.3 Å². The summed E-state index contributed by atoms with van der Waals surface area (Å²) in [5.41, 5.74) is 0. The van der Waals surface area contributed by atoms with E-state index in [4.69, 9.17) is 9.26 Å². The van der Waals surface area contributed by atoms with Gasteiger partial charge in [-0.2, -0.15) is 4.98 Å². The molecule has 0 radical (unpaired) electrons. The maximum absolute atomic E-state index is 11.6. The summed E-state index contributed by atoms with van der Waals surface area (Å²) >= 11 is 0. The Hall–Kier alpha value is -1.47. The number of carbonyl (C=O) groups excluding carboxylic acids is 1. The minimum absolute atomic E-state index is 0.0480. The Morgan fingerprint density at radius 2 is 2.53 bits per heavy atom. The second-order valence-corrected chi connectivity index (χ2v) is 3.91. The molecule has 1 amide bonds. The van der Waals surface area contributed by atoms with E-state index in [1.165, 1.54) is 0 Å². The smallest absolute Gasteiger partial charge is 0.246 e. The number of rotatable bonds is 4. The zero-order valence-corrected chi connectivity index (χ0v) is 9.73. The monoisotopic (exact) mass is 240 g/mol. The molecule has 1 atom stereocenters. The molecule has 0 aromatic carbocycles. The van der Waals surface area contributed by atoms with Crippen LogP contribution in [0.25, 0.3) is 0 Å². The van der Waals surface area contributed by atoms with Gasteiger partial charge in [-0.05, 0) is 6.92 Å². The van der Waals surface area contributed by atoms with Crippen LogP contribution in [0.5, 0.6) is 0 Å². The summed E-state index contributed by atoms with van der Waals surface area (Å²) in [6, 6.07) is 0. The molecule has 0 aliphatic carbocycles. The molecule has 0 bridgehead atoms. The van der Waals surface area contributed by atoms with Crippen molar-refractivity contribution in [3.8, 4) is 0 Å². The number of morpholine rings is 1. The third kappa shape index (κ3) is 3.79. The van der Waals surface area contributed by atoms with Gasteiger partial charge in [-0.1, -0.05) is 5.16 Å². The van der Waals surface area contributed by atoms with E-state index in [2.05, 4.69) is 20.8 Å². The predicted octanol–water partition coefficient (Wildman–Crippen LogP) is -0.627. The Kier molecular flexibility index (Phi) is 4.05. The first kappa shape index (κ1) is 12.0. The van der Waals surface area contributed by atoms with E-state index in [9.17, 15) is 4.79 Å². The van der Waals surface area contributed by atoms with Gasteiger partial charge in [0.2, 0.25) is 11.8 Å². The number of carbonyl (C=O) groups is 1. The van der Waals surface area contributed by atoms with Crippen LogP contribution in [0.4, 0.5) is 0 Å². The van der Waals surface area contributed by atoms with Gasteiger partial charge < -0.3 is 19.9 Å². The lowest BCUT2D eigenvalue weighted by molar-refractivity contribution is -0.124. The molecule has 7 nitrogen and oxygen atoms in total. The van der Waals surface area contributed by atoms with Gasteiger partial charge in [-0.25, -0.2) is 0 Å². The van der Waals surface area contributed by atoms with Gasteiger partial charge in [-0.3, -0.25) is 4.79 Å². The highest BCUT2D eigenvalue weighted by atomic mass is 16.5. The third-order valence-corrected chi connectivity index (χ3v) is 2.42. The molecule has 1 aromatic rings. The van der Waals surface area contributed by atoms with Crippen LogP contribution in [-0.4, -0.2) is 41.8 Å². The molecular weight excluding hydrogens is 224 g/mol. The van der Waals surface area contributed by atoms with E-state index in [-0.39, 0.29) is 18.6 Å². The average molecular weight is 240 g/mol. The molecule has 1 aliphatic heterocycles. The van der Waals surface area contributed by atoms with E-state index in [1.807, 2.05) is 0 Å². The number of nitrogens with zero attached hydrogens (tertiary/aromatic N) is 2. The van der Waals surface area contributed by atoms with E-state index in [1.54, 1.807) is 6.92 Å². The van der Waals surface area contributed by atoms with Crippen molar-refractivity contribution in [2.24, 2.45) is 0 Å². The average Bonchev–Trinajstić information content (AvgIpc) is 2.74. The normalized spacial score (nSPS) is 20.2. The van der Waals surface area contributed by atoms with Crippen molar-refractivity contribution in [1.29, 1.82) is 0 Å². The summed E-state index contributed by atoms with van der Waals surface area (Å²) in [6.45, 7) is 4.21. The Labute approximate surface area is 98.9 Å². The molecule has 1 fully saturated rings. The van der Waals surface area contributed by atoms with Crippen LogP contribution in [0, 0.1) is 6.92 Å². The molecule has 2 N–H and O–H groups in total. The summed E-state index contributed by atoms with van der Waals surface area (Å²) in [6.07, 6.45) is 0.299. The zero-order valence-electron chi connectivity index (χ0n) is 9.73. The Morgan fingerprint density at radius 3 is 3.18 bits per heavy atom. The number of aryl methyl sites for hydroxylation is 1. The standard InChI is InChI=1S/C10H16N4O3/c1-7-13-10(17-14-7)6-12-9(15)4-8-5-11-2-3-16-8/h8,11H,2-6H2,1H3,(H,12,15). The van der Waals surface area contributed by atoms with E-state index < -0.39 is 0 Å². The topological polar surface area (TPSA) is 89.3 Å². The lowest BCUT2D eigenvalue weighted by Gasteiger charge is -2.22. The lowest BCUT2D eigenvalue weighted by Crippen LogP contribution is -2.41. The molecule has 1 aromatic heterocycles. The van der Waals surface area contributed by atoms with Crippen LogP contribution in [0.3, 0.4) is 0 Å². The molecular formula is C10H16N4O3. The largest absolute Gasteiger partial charge is 0.375 e. The predicted molar refractivity (Wildman–Crippen MR) is 58.1 cm³/mol. The Morgan fingerprint density at radius 1 is 1.65 bits per heavy atom. The molecule has 0 spiro atoms. The summed E-state index contributed by atoms with van der Waals surface area (Å²) in [5, 5.41) is 9.53. The van der Waals surface area contributed by atoms with Crippen molar-refractivity contribution >= 4 is 5.91 Å². The number of hydrogen-bond donors (Lipinski definition) is 2. The van der Waals surface area contributed by atoms with Crippen LogP contribution < -0.4 is 10.6 Å². The quantitative estimate of drug-likeness (QED) is 0.728. The van der Waals surface area contributed by atoms with Gasteiger partial charge >= 0.3 is 0 Å². The molecule has 0 saturated carbocycles. The molecule has 1 unspecified atom stereocenters. The van der Waals surface area contributed by atoms with Crippen molar-refractivity contribution in [3.63, 3.8) is 0 Å². The first-order valence-electron chi connectivity index (χ1n) is 5.62. The fourth-order valence-electron chi connectivity index (χ4n) is 1.62. The zero-order chi connectivity index (χ0) is 12.1. The summed E-state index contributed by atoms with van der Waals surface area (Å²) in [7, 11) is 0. The van der Waals surface area contributed by atoms with Gasteiger partial charge in [0, 0.05) is 13.1 Å². The first-order valence-corrected chi connectivity index (χ1v) is 5.62. The minimum Gasteiger partial charge on any atom is -0.375 e.